The number of pyridine rings is 2. The highest BCUT2D eigenvalue weighted by Crippen LogP contribution is 2.14. The first-order chi connectivity index (χ1) is 7.81. The first-order valence-corrected chi connectivity index (χ1v) is 5.33. The molecule has 0 amide bonds. The summed E-state index contributed by atoms with van der Waals surface area (Å²) in [7, 11) is 0. The third kappa shape index (κ3) is 2.35. The summed E-state index contributed by atoms with van der Waals surface area (Å²) in [6.07, 6.45) is 3.64. The van der Waals surface area contributed by atoms with E-state index in [1.165, 1.54) is 0 Å². The molecule has 2 rings (SSSR count). The molecule has 0 aliphatic heterocycles. The van der Waals surface area contributed by atoms with Gasteiger partial charge in [0.1, 0.15) is 0 Å². The molecule has 4 nitrogen and oxygen atoms in total. The molecule has 0 spiro atoms. The number of nitrogens with one attached hydrogen (secondary N) is 1. The van der Waals surface area contributed by atoms with Crippen molar-refractivity contribution in [2.24, 2.45) is 0 Å². The van der Waals surface area contributed by atoms with E-state index in [4.69, 9.17) is 5.11 Å². The number of aliphatic hydroxyl groups excluding tert-OH is 1. The Balaban J connectivity index is 2.23. The van der Waals surface area contributed by atoms with Crippen LogP contribution in [0.4, 0.5) is 0 Å². The molecule has 0 radical (unpaired) electrons. The second-order valence-corrected chi connectivity index (χ2v) is 3.71. The van der Waals surface area contributed by atoms with E-state index in [-0.39, 0.29) is 6.61 Å². The standard InChI is InChI=1S/C12H15N3O/c1-9-12-11(2-3-14-9)6-10(8-15-12)7-13-4-5-16/h2-3,6,8,13,16H,4-5,7H2,1H3. The number of aliphatic hydroxyl groups is 1. The second kappa shape index (κ2) is 5.01. The van der Waals surface area contributed by atoms with Gasteiger partial charge in [-0.25, -0.2) is 0 Å². The Hall–Kier alpha value is -1.52. The van der Waals surface area contributed by atoms with Crippen LogP contribution in [0.3, 0.4) is 0 Å². The van der Waals surface area contributed by atoms with E-state index in [0.717, 1.165) is 28.7 Å². The molecule has 0 aliphatic carbocycles. The number of fused-ring (bicyclic) bond motifs is 1. The van der Waals surface area contributed by atoms with Crippen LogP contribution in [-0.2, 0) is 6.54 Å². The van der Waals surface area contributed by atoms with Crippen molar-refractivity contribution < 1.29 is 5.11 Å². The molecule has 4 heteroatoms. The summed E-state index contributed by atoms with van der Waals surface area (Å²) in [4.78, 5) is 8.60. The van der Waals surface area contributed by atoms with Gasteiger partial charge >= 0.3 is 0 Å². The molecule has 2 heterocycles. The van der Waals surface area contributed by atoms with Crippen LogP contribution in [0.5, 0.6) is 0 Å². The van der Waals surface area contributed by atoms with Gasteiger partial charge in [0.2, 0.25) is 0 Å². The Labute approximate surface area is 94.4 Å². The highest BCUT2D eigenvalue weighted by atomic mass is 16.3. The zero-order valence-electron chi connectivity index (χ0n) is 9.27. The molecule has 0 fully saturated rings. The van der Waals surface area contributed by atoms with Crippen molar-refractivity contribution in [3.63, 3.8) is 0 Å². The van der Waals surface area contributed by atoms with Crippen LogP contribution >= 0.6 is 0 Å². The Morgan fingerprint density at radius 2 is 2.25 bits per heavy atom. The molecule has 0 saturated carbocycles. The number of hydrogen-bond donors (Lipinski definition) is 2. The van der Waals surface area contributed by atoms with Gasteiger partial charge in [-0.1, -0.05) is 0 Å². The molecule has 0 saturated heterocycles. The van der Waals surface area contributed by atoms with Gasteiger partial charge in [-0.05, 0) is 24.6 Å². The fourth-order valence-corrected chi connectivity index (χ4v) is 1.66. The lowest BCUT2D eigenvalue weighted by Gasteiger charge is -2.05. The van der Waals surface area contributed by atoms with Gasteiger partial charge in [0.25, 0.3) is 0 Å². The van der Waals surface area contributed by atoms with E-state index in [1.54, 1.807) is 6.20 Å². The van der Waals surface area contributed by atoms with Crippen molar-refractivity contribution in [3.8, 4) is 0 Å². The average molecular weight is 217 g/mol. The number of nitrogens with zero attached hydrogens (tertiary/aromatic N) is 2. The summed E-state index contributed by atoms with van der Waals surface area (Å²) in [5.41, 5.74) is 3.02. The summed E-state index contributed by atoms with van der Waals surface area (Å²) < 4.78 is 0. The van der Waals surface area contributed by atoms with Gasteiger partial charge < -0.3 is 10.4 Å². The monoisotopic (exact) mass is 217 g/mol. The molecular formula is C12H15N3O. The minimum absolute atomic E-state index is 0.157. The van der Waals surface area contributed by atoms with E-state index in [2.05, 4.69) is 21.4 Å². The van der Waals surface area contributed by atoms with E-state index in [0.29, 0.717) is 6.54 Å². The smallest absolute Gasteiger partial charge is 0.0914 e. The molecule has 84 valence electrons. The largest absolute Gasteiger partial charge is 0.395 e. The maximum Gasteiger partial charge on any atom is 0.0914 e. The third-order valence-corrected chi connectivity index (χ3v) is 2.46. The van der Waals surface area contributed by atoms with E-state index < -0.39 is 0 Å². The SMILES string of the molecule is Cc1nccc2cc(CNCCO)cnc12. The van der Waals surface area contributed by atoms with Crippen molar-refractivity contribution >= 4 is 10.9 Å². The topological polar surface area (TPSA) is 58.0 Å². The van der Waals surface area contributed by atoms with E-state index in [1.807, 2.05) is 19.2 Å². The van der Waals surface area contributed by atoms with Crippen molar-refractivity contribution in [1.82, 2.24) is 15.3 Å². The summed E-state index contributed by atoms with van der Waals surface area (Å²) in [5, 5.41) is 12.9. The minimum atomic E-state index is 0.157. The predicted molar refractivity (Wildman–Crippen MR) is 63.1 cm³/mol. The Kier molecular flexibility index (Phi) is 3.44. The van der Waals surface area contributed by atoms with Gasteiger partial charge in [-0.2, -0.15) is 0 Å². The third-order valence-electron chi connectivity index (χ3n) is 2.46. The minimum Gasteiger partial charge on any atom is -0.395 e. The summed E-state index contributed by atoms with van der Waals surface area (Å²) in [5.74, 6) is 0. The van der Waals surface area contributed by atoms with Gasteiger partial charge in [0, 0.05) is 30.9 Å². The maximum absolute atomic E-state index is 8.67. The van der Waals surface area contributed by atoms with Crippen molar-refractivity contribution in [2.45, 2.75) is 13.5 Å². The van der Waals surface area contributed by atoms with Crippen LogP contribution in [0.2, 0.25) is 0 Å². The fraction of sp³-hybridized carbons (Fsp3) is 0.333. The zero-order valence-corrected chi connectivity index (χ0v) is 9.27. The molecular weight excluding hydrogens is 202 g/mol. The molecule has 0 atom stereocenters. The molecule has 2 N–H and O–H groups in total. The molecule has 0 unspecified atom stereocenters. The lowest BCUT2D eigenvalue weighted by atomic mass is 10.1. The first-order valence-electron chi connectivity index (χ1n) is 5.33. The van der Waals surface area contributed by atoms with Crippen LogP contribution in [0.1, 0.15) is 11.3 Å². The van der Waals surface area contributed by atoms with Crippen LogP contribution in [0, 0.1) is 6.92 Å². The maximum atomic E-state index is 8.67. The lowest BCUT2D eigenvalue weighted by molar-refractivity contribution is 0.292. The van der Waals surface area contributed by atoms with Crippen LogP contribution in [0.25, 0.3) is 10.9 Å². The average Bonchev–Trinajstić information content (AvgIpc) is 2.30. The molecule has 2 aromatic heterocycles. The quantitative estimate of drug-likeness (QED) is 0.751. The van der Waals surface area contributed by atoms with Gasteiger partial charge in [-0.3, -0.25) is 9.97 Å². The molecule has 0 aliphatic rings. The van der Waals surface area contributed by atoms with Crippen LogP contribution in [0.15, 0.2) is 24.5 Å². The number of rotatable bonds is 4. The number of hydrogen-bond acceptors (Lipinski definition) is 4. The predicted octanol–water partition coefficient (Wildman–Crippen LogP) is 1.02. The molecule has 0 aromatic carbocycles. The normalized spacial score (nSPS) is 10.9. The summed E-state index contributed by atoms with van der Waals surface area (Å²) in [6.45, 7) is 3.45. The van der Waals surface area contributed by atoms with E-state index in [9.17, 15) is 0 Å². The Morgan fingerprint density at radius 3 is 3.06 bits per heavy atom. The molecule has 2 aromatic rings. The fourth-order valence-electron chi connectivity index (χ4n) is 1.66. The van der Waals surface area contributed by atoms with Crippen molar-refractivity contribution in [3.05, 3.63) is 35.8 Å². The number of aromatic nitrogens is 2. The Morgan fingerprint density at radius 1 is 1.38 bits per heavy atom. The highest BCUT2D eigenvalue weighted by Gasteiger charge is 2.00. The summed E-state index contributed by atoms with van der Waals surface area (Å²) >= 11 is 0. The van der Waals surface area contributed by atoms with Gasteiger partial charge in [0.05, 0.1) is 17.8 Å². The molecule has 16 heavy (non-hydrogen) atoms. The highest BCUT2D eigenvalue weighted by molar-refractivity contribution is 5.80. The van der Waals surface area contributed by atoms with Crippen LogP contribution < -0.4 is 5.32 Å². The van der Waals surface area contributed by atoms with Gasteiger partial charge in [-0.15, -0.1) is 0 Å². The summed E-state index contributed by atoms with van der Waals surface area (Å²) in [6, 6.07) is 4.06. The lowest BCUT2D eigenvalue weighted by Crippen LogP contribution is -2.17. The first kappa shape index (κ1) is 11.0. The van der Waals surface area contributed by atoms with Crippen molar-refractivity contribution in [2.75, 3.05) is 13.2 Å². The second-order valence-electron chi connectivity index (χ2n) is 3.71. The van der Waals surface area contributed by atoms with Gasteiger partial charge in [0.15, 0.2) is 0 Å². The van der Waals surface area contributed by atoms with E-state index >= 15 is 0 Å². The Bertz CT molecular complexity index is 485. The molecule has 0 bridgehead atoms. The number of aryl methyl sites for hydroxylation is 1. The van der Waals surface area contributed by atoms with Crippen molar-refractivity contribution in [1.29, 1.82) is 0 Å². The van der Waals surface area contributed by atoms with Crippen LogP contribution in [-0.4, -0.2) is 28.2 Å². The zero-order chi connectivity index (χ0) is 11.4.